The van der Waals surface area contributed by atoms with Crippen LogP contribution in [0.3, 0.4) is 0 Å². The fourth-order valence-electron chi connectivity index (χ4n) is 1.27. The quantitative estimate of drug-likeness (QED) is 0.672. The lowest BCUT2D eigenvalue weighted by Crippen LogP contribution is -2.26. The standard InChI is InChI=1S/C9H15N3O/c1-5-12-6-7(2)8(11(3)4)10-9(12)13/h6H,5H2,1-4H3. The number of hydrogen-bond acceptors (Lipinski definition) is 3. The van der Waals surface area contributed by atoms with Gasteiger partial charge in [0.25, 0.3) is 0 Å². The van der Waals surface area contributed by atoms with Crippen LogP contribution < -0.4 is 10.6 Å². The molecule has 0 aliphatic carbocycles. The van der Waals surface area contributed by atoms with E-state index >= 15 is 0 Å². The average Bonchev–Trinajstić information content (AvgIpc) is 2.07. The molecule has 0 spiro atoms. The minimum atomic E-state index is -0.184. The minimum absolute atomic E-state index is 0.184. The summed E-state index contributed by atoms with van der Waals surface area (Å²) >= 11 is 0. The molecule has 0 aliphatic heterocycles. The number of nitrogens with zero attached hydrogens (tertiary/aromatic N) is 3. The third-order valence-corrected chi connectivity index (χ3v) is 1.91. The Bertz CT molecular complexity index is 354. The first-order valence-corrected chi connectivity index (χ1v) is 4.31. The highest BCUT2D eigenvalue weighted by molar-refractivity contribution is 5.42. The van der Waals surface area contributed by atoms with Gasteiger partial charge in [-0.15, -0.1) is 0 Å². The van der Waals surface area contributed by atoms with Crippen molar-refractivity contribution in [1.29, 1.82) is 0 Å². The SMILES string of the molecule is CCn1cc(C)c(N(C)C)nc1=O. The van der Waals surface area contributed by atoms with Crippen LogP contribution in [0.1, 0.15) is 12.5 Å². The lowest BCUT2D eigenvalue weighted by molar-refractivity contribution is 0.692. The first-order valence-electron chi connectivity index (χ1n) is 4.31. The topological polar surface area (TPSA) is 38.1 Å². The average molecular weight is 181 g/mol. The van der Waals surface area contributed by atoms with Crippen molar-refractivity contribution in [2.45, 2.75) is 20.4 Å². The van der Waals surface area contributed by atoms with E-state index in [4.69, 9.17) is 0 Å². The molecule has 0 radical (unpaired) electrons. The molecule has 0 N–H and O–H groups in total. The minimum Gasteiger partial charge on any atom is -0.362 e. The molecule has 1 aromatic heterocycles. The summed E-state index contributed by atoms with van der Waals surface area (Å²) in [4.78, 5) is 17.2. The molecule has 13 heavy (non-hydrogen) atoms. The van der Waals surface area contributed by atoms with E-state index in [1.165, 1.54) is 0 Å². The van der Waals surface area contributed by atoms with Crippen LogP contribution in [0.25, 0.3) is 0 Å². The molecule has 4 heteroatoms. The van der Waals surface area contributed by atoms with Crippen LogP contribution in [-0.4, -0.2) is 23.6 Å². The Morgan fingerprint density at radius 1 is 1.54 bits per heavy atom. The molecule has 0 amide bonds. The summed E-state index contributed by atoms with van der Waals surface area (Å²) in [7, 11) is 3.76. The van der Waals surface area contributed by atoms with E-state index in [2.05, 4.69) is 4.98 Å². The number of anilines is 1. The zero-order valence-electron chi connectivity index (χ0n) is 8.53. The molecule has 0 aliphatic rings. The van der Waals surface area contributed by atoms with Crippen LogP contribution in [-0.2, 0) is 6.54 Å². The van der Waals surface area contributed by atoms with Crippen LogP contribution in [0.15, 0.2) is 11.0 Å². The molecular formula is C9H15N3O. The number of rotatable bonds is 2. The Hall–Kier alpha value is -1.32. The Morgan fingerprint density at radius 2 is 2.15 bits per heavy atom. The monoisotopic (exact) mass is 181 g/mol. The molecule has 1 aromatic rings. The molecule has 0 atom stereocenters. The van der Waals surface area contributed by atoms with Crippen molar-refractivity contribution < 1.29 is 0 Å². The molecule has 0 unspecified atom stereocenters. The largest absolute Gasteiger partial charge is 0.362 e. The summed E-state index contributed by atoms with van der Waals surface area (Å²) in [5, 5.41) is 0. The van der Waals surface area contributed by atoms with Gasteiger partial charge in [0, 0.05) is 32.4 Å². The third kappa shape index (κ3) is 1.88. The van der Waals surface area contributed by atoms with Gasteiger partial charge in [0.15, 0.2) is 0 Å². The maximum Gasteiger partial charge on any atom is 0.349 e. The number of aryl methyl sites for hydroxylation is 2. The Kier molecular flexibility index (Phi) is 2.70. The van der Waals surface area contributed by atoms with E-state index < -0.39 is 0 Å². The second-order valence-electron chi connectivity index (χ2n) is 3.21. The van der Waals surface area contributed by atoms with Gasteiger partial charge < -0.3 is 4.90 Å². The second-order valence-corrected chi connectivity index (χ2v) is 3.21. The smallest absolute Gasteiger partial charge is 0.349 e. The molecular weight excluding hydrogens is 166 g/mol. The Balaban J connectivity index is 3.29. The van der Waals surface area contributed by atoms with Crippen molar-refractivity contribution in [3.05, 3.63) is 22.2 Å². The van der Waals surface area contributed by atoms with Gasteiger partial charge in [-0.05, 0) is 13.8 Å². The lowest BCUT2D eigenvalue weighted by Gasteiger charge is -2.14. The zero-order chi connectivity index (χ0) is 10.0. The van der Waals surface area contributed by atoms with E-state index in [0.29, 0.717) is 6.54 Å². The highest BCUT2D eigenvalue weighted by Crippen LogP contribution is 2.09. The molecule has 0 fully saturated rings. The summed E-state index contributed by atoms with van der Waals surface area (Å²) in [6.07, 6.45) is 1.84. The van der Waals surface area contributed by atoms with Gasteiger partial charge >= 0.3 is 5.69 Å². The lowest BCUT2D eigenvalue weighted by atomic mass is 10.3. The number of hydrogen-bond donors (Lipinski definition) is 0. The zero-order valence-corrected chi connectivity index (χ0v) is 8.53. The van der Waals surface area contributed by atoms with Crippen molar-refractivity contribution in [2.24, 2.45) is 0 Å². The Labute approximate surface area is 77.8 Å². The van der Waals surface area contributed by atoms with E-state index in [1.54, 1.807) is 4.57 Å². The molecule has 0 bridgehead atoms. The summed E-state index contributed by atoms with van der Waals surface area (Å²) in [6.45, 7) is 4.55. The van der Waals surface area contributed by atoms with Gasteiger partial charge in [-0.3, -0.25) is 4.57 Å². The first-order chi connectivity index (χ1) is 6.06. The van der Waals surface area contributed by atoms with Gasteiger partial charge in [-0.2, -0.15) is 4.98 Å². The van der Waals surface area contributed by atoms with Crippen molar-refractivity contribution in [3.8, 4) is 0 Å². The molecule has 72 valence electrons. The van der Waals surface area contributed by atoms with Crippen molar-refractivity contribution in [3.63, 3.8) is 0 Å². The highest BCUT2D eigenvalue weighted by Gasteiger charge is 2.05. The molecule has 1 rings (SSSR count). The van der Waals surface area contributed by atoms with E-state index in [1.807, 2.05) is 39.0 Å². The number of aromatic nitrogens is 2. The summed E-state index contributed by atoms with van der Waals surface area (Å²) in [6, 6.07) is 0. The van der Waals surface area contributed by atoms with Crippen molar-refractivity contribution >= 4 is 5.82 Å². The van der Waals surface area contributed by atoms with Crippen LogP contribution in [0, 0.1) is 6.92 Å². The first kappa shape index (κ1) is 9.77. The third-order valence-electron chi connectivity index (χ3n) is 1.91. The molecule has 1 heterocycles. The molecule has 0 saturated carbocycles. The van der Waals surface area contributed by atoms with Crippen LogP contribution in [0.2, 0.25) is 0 Å². The van der Waals surface area contributed by atoms with Gasteiger partial charge in [-0.25, -0.2) is 4.79 Å². The second kappa shape index (κ2) is 3.60. The van der Waals surface area contributed by atoms with Gasteiger partial charge in [-0.1, -0.05) is 0 Å². The van der Waals surface area contributed by atoms with E-state index in [0.717, 1.165) is 11.4 Å². The summed E-state index contributed by atoms with van der Waals surface area (Å²) in [5.74, 6) is 0.745. The molecule has 0 saturated heterocycles. The molecule has 4 nitrogen and oxygen atoms in total. The van der Waals surface area contributed by atoms with Crippen LogP contribution in [0.5, 0.6) is 0 Å². The Morgan fingerprint density at radius 3 is 2.62 bits per heavy atom. The predicted octanol–water partition coefficient (Wildman–Crippen LogP) is 0.638. The molecule has 0 aromatic carbocycles. The highest BCUT2D eigenvalue weighted by atomic mass is 16.1. The predicted molar refractivity (Wildman–Crippen MR) is 53.2 cm³/mol. The van der Waals surface area contributed by atoms with Crippen LogP contribution in [0.4, 0.5) is 5.82 Å². The van der Waals surface area contributed by atoms with E-state index in [-0.39, 0.29) is 5.69 Å². The van der Waals surface area contributed by atoms with Gasteiger partial charge in [0.05, 0.1) is 0 Å². The van der Waals surface area contributed by atoms with Gasteiger partial charge in [0.1, 0.15) is 5.82 Å². The van der Waals surface area contributed by atoms with Crippen molar-refractivity contribution in [2.75, 3.05) is 19.0 Å². The van der Waals surface area contributed by atoms with Crippen molar-refractivity contribution in [1.82, 2.24) is 9.55 Å². The normalized spacial score (nSPS) is 10.2. The van der Waals surface area contributed by atoms with Crippen LogP contribution >= 0.6 is 0 Å². The maximum absolute atomic E-state index is 11.4. The van der Waals surface area contributed by atoms with Gasteiger partial charge in [0.2, 0.25) is 0 Å². The maximum atomic E-state index is 11.4. The summed E-state index contributed by atoms with van der Waals surface area (Å²) < 4.78 is 1.60. The summed E-state index contributed by atoms with van der Waals surface area (Å²) in [5.41, 5.74) is 0.836. The fourth-order valence-corrected chi connectivity index (χ4v) is 1.27. The van der Waals surface area contributed by atoms with E-state index in [9.17, 15) is 4.79 Å². The fraction of sp³-hybridized carbons (Fsp3) is 0.556.